The van der Waals surface area contributed by atoms with E-state index < -0.39 is 16.0 Å². The number of carbonyl (C=O) groups excluding carboxylic acids is 1. The van der Waals surface area contributed by atoms with Gasteiger partial charge >= 0.3 is 5.97 Å². The standard InChI is InChI=1S/C19H21BrN2O4S/c1-26-19(23)16-13-15(7-8-17(16)20)27(24,25)21-10-4-11-22-12-9-14-5-2-3-6-18(14)22/h2-3,5-8,13,21H,4,9-12H2,1H3. The van der Waals surface area contributed by atoms with Gasteiger partial charge in [0, 0.05) is 29.8 Å². The molecule has 0 radical (unpaired) electrons. The number of nitrogens with one attached hydrogen (secondary N) is 1. The van der Waals surface area contributed by atoms with E-state index in [0.29, 0.717) is 17.4 Å². The van der Waals surface area contributed by atoms with Gasteiger partial charge < -0.3 is 9.64 Å². The lowest BCUT2D eigenvalue weighted by Crippen LogP contribution is -2.29. The van der Waals surface area contributed by atoms with Gasteiger partial charge in [0.1, 0.15) is 0 Å². The van der Waals surface area contributed by atoms with Crippen molar-refractivity contribution in [2.24, 2.45) is 0 Å². The number of rotatable bonds is 7. The summed E-state index contributed by atoms with van der Waals surface area (Å²) in [6.07, 6.45) is 1.71. The lowest BCUT2D eigenvalue weighted by molar-refractivity contribution is 0.0599. The van der Waals surface area contributed by atoms with Crippen LogP contribution in [0.15, 0.2) is 51.8 Å². The Morgan fingerprint density at radius 2 is 2.04 bits per heavy atom. The second-order valence-corrected chi connectivity index (χ2v) is 8.87. The average molecular weight is 453 g/mol. The van der Waals surface area contributed by atoms with Crippen LogP contribution < -0.4 is 9.62 Å². The van der Waals surface area contributed by atoms with Crippen molar-refractivity contribution >= 4 is 37.6 Å². The summed E-state index contributed by atoms with van der Waals surface area (Å²) in [5, 5.41) is 0. The van der Waals surface area contributed by atoms with E-state index in [-0.39, 0.29) is 10.5 Å². The first-order chi connectivity index (χ1) is 12.9. The van der Waals surface area contributed by atoms with Gasteiger partial charge in [0.25, 0.3) is 0 Å². The van der Waals surface area contributed by atoms with Crippen molar-refractivity contribution in [1.29, 1.82) is 0 Å². The summed E-state index contributed by atoms with van der Waals surface area (Å²) < 4.78 is 32.8. The van der Waals surface area contributed by atoms with Crippen LogP contribution in [0.3, 0.4) is 0 Å². The molecule has 0 saturated carbocycles. The zero-order valence-electron chi connectivity index (χ0n) is 14.9. The van der Waals surface area contributed by atoms with Crippen molar-refractivity contribution in [3.63, 3.8) is 0 Å². The van der Waals surface area contributed by atoms with Crippen molar-refractivity contribution < 1.29 is 17.9 Å². The number of ether oxygens (including phenoxy) is 1. The Kier molecular flexibility index (Phi) is 6.18. The number of halogens is 1. The molecule has 0 bridgehead atoms. The Balaban J connectivity index is 1.59. The van der Waals surface area contributed by atoms with Gasteiger partial charge in [0.2, 0.25) is 10.0 Å². The summed E-state index contributed by atoms with van der Waals surface area (Å²) in [6.45, 7) is 2.07. The molecule has 0 atom stereocenters. The highest BCUT2D eigenvalue weighted by molar-refractivity contribution is 9.10. The molecule has 0 saturated heterocycles. The van der Waals surface area contributed by atoms with Crippen LogP contribution in [0.25, 0.3) is 0 Å². The van der Waals surface area contributed by atoms with Crippen LogP contribution >= 0.6 is 15.9 Å². The monoisotopic (exact) mass is 452 g/mol. The number of hydrogen-bond acceptors (Lipinski definition) is 5. The fraction of sp³-hybridized carbons (Fsp3) is 0.316. The molecule has 1 N–H and O–H groups in total. The number of nitrogens with zero attached hydrogens (tertiary/aromatic N) is 1. The molecular formula is C19H21BrN2O4S. The first-order valence-corrected chi connectivity index (χ1v) is 10.9. The maximum Gasteiger partial charge on any atom is 0.339 e. The summed E-state index contributed by atoms with van der Waals surface area (Å²) in [5.41, 5.74) is 2.74. The highest BCUT2D eigenvalue weighted by Crippen LogP contribution is 2.27. The van der Waals surface area contributed by atoms with Crippen LogP contribution in [-0.2, 0) is 21.2 Å². The van der Waals surface area contributed by atoms with Crippen LogP contribution in [0.1, 0.15) is 22.3 Å². The topological polar surface area (TPSA) is 75.7 Å². The number of benzene rings is 2. The quantitative estimate of drug-likeness (QED) is 0.516. The van der Waals surface area contributed by atoms with Gasteiger partial charge in [-0.3, -0.25) is 0 Å². The molecule has 6 nitrogen and oxygen atoms in total. The summed E-state index contributed by atoms with van der Waals surface area (Å²) in [7, 11) is -2.44. The zero-order chi connectivity index (χ0) is 19.4. The number of para-hydroxylation sites is 1. The number of fused-ring (bicyclic) bond motifs is 1. The van der Waals surface area contributed by atoms with E-state index in [9.17, 15) is 13.2 Å². The fourth-order valence-electron chi connectivity index (χ4n) is 3.14. The number of methoxy groups -OCH3 is 1. The van der Waals surface area contributed by atoms with Gasteiger partial charge in [-0.25, -0.2) is 17.9 Å². The van der Waals surface area contributed by atoms with Crippen LogP contribution in [-0.4, -0.2) is 41.1 Å². The Labute approximate surface area is 167 Å². The van der Waals surface area contributed by atoms with Crippen molar-refractivity contribution in [2.75, 3.05) is 31.6 Å². The maximum absolute atomic E-state index is 12.5. The molecule has 0 aromatic heterocycles. The minimum atomic E-state index is -3.69. The molecule has 2 aromatic carbocycles. The zero-order valence-corrected chi connectivity index (χ0v) is 17.3. The van der Waals surface area contributed by atoms with E-state index in [1.165, 1.54) is 36.6 Å². The molecule has 1 heterocycles. The molecule has 2 aromatic rings. The molecule has 0 spiro atoms. The largest absolute Gasteiger partial charge is 0.465 e. The Morgan fingerprint density at radius 3 is 2.81 bits per heavy atom. The second-order valence-electron chi connectivity index (χ2n) is 6.25. The van der Waals surface area contributed by atoms with Gasteiger partial charge in [0.05, 0.1) is 17.6 Å². The van der Waals surface area contributed by atoms with Gasteiger partial charge in [0.15, 0.2) is 0 Å². The lowest BCUT2D eigenvalue weighted by Gasteiger charge is -2.19. The SMILES string of the molecule is COC(=O)c1cc(S(=O)(=O)NCCCN2CCc3ccccc32)ccc1Br. The number of esters is 1. The van der Waals surface area contributed by atoms with E-state index in [1.807, 2.05) is 12.1 Å². The summed E-state index contributed by atoms with van der Waals surface area (Å²) in [4.78, 5) is 14.1. The van der Waals surface area contributed by atoms with Gasteiger partial charge in [-0.05, 0) is 58.6 Å². The summed E-state index contributed by atoms with van der Waals surface area (Å²) >= 11 is 3.23. The fourth-order valence-corrected chi connectivity index (χ4v) is 4.64. The van der Waals surface area contributed by atoms with Gasteiger partial charge in [-0.2, -0.15) is 0 Å². The van der Waals surface area contributed by atoms with Crippen LogP contribution in [0.4, 0.5) is 5.69 Å². The third-order valence-electron chi connectivity index (χ3n) is 4.53. The molecule has 8 heteroatoms. The molecule has 27 heavy (non-hydrogen) atoms. The number of anilines is 1. The second kappa shape index (κ2) is 8.41. The predicted octanol–water partition coefficient (Wildman–Crippen LogP) is 2.97. The minimum Gasteiger partial charge on any atom is -0.465 e. The van der Waals surface area contributed by atoms with E-state index in [1.54, 1.807) is 0 Å². The Bertz CT molecular complexity index is 946. The number of hydrogen-bond donors (Lipinski definition) is 1. The smallest absolute Gasteiger partial charge is 0.339 e. The molecule has 1 aliphatic rings. The minimum absolute atomic E-state index is 0.0395. The van der Waals surface area contributed by atoms with E-state index >= 15 is 0 Å². The molecule has 0 aliphatic carbocycles. The molecule has 3 rings (SSSR count). The van der Waals surface area contributed by atoms with Crippen LogP contribution in [0, 0.1) is 0 Å². The van der Waals surface area contributed by atoms with E-state index in [0.717, 1.165) is 19.5 Å². The molecule has 1 aliphatic heterocycles. The van der Waals surface area contributed by atoms with Crippen LogP contribution in [0.2, 0.25) is 0 Å². The molecule has 144 valence electrons. The van der Waals surface area contributed by atoms with Crippen molar-refractivity contribution in [1.82, 2.24) is 4.72 Å². The van der Waals surface area contributed by atoms with Crippen molar-refractivity contribution in [3.05, 3.63) is 58.1 Å². The molecule has 0 fully saturated rings. The average Bonchev–Trinajstić information content (AvgIpc) is 3.08. The van der Waals surface area contributed by atoms with Crippen molar-refractivity contribution in [3.8, 4) is 0 Å². The normalized spacial score (nSPS) is 13.5. The van der Waals surface area contributed by atoms with Gasteiger partial charge in [-0.15, -0.1) is 0 Å². The summed E-state index contributed by atoms with van der Waals surface area (Å²) in [5.74, 6) is -0.591. The molecular weight excluding hydrogens is 432 g/mol. The number of carbonyl (C=O) groups is 1. The highest BCUT2D eigenvalue weighted by atomic mass is 79.9. The van der Waals surface area contributed by atoms with Gasteiger partial charge in [-0.1, -0.05) is 18.2 Å². The van der Waals surface area contributed by atoms with E-state index in [2.05, 4.69) is 42.4 Å². The Hall–Kier alpha value is -1.90. The predicted molar refractivity (Wildman–Crippen MR) is 108 cm³/mol. The highest BCUT2D eigenvalue weighted by Gasteiger charge is 2.20. The van der Waals surface area contributed by atoms with Crippen molar-refractivity contribution in [2.45, 2.75) is 17.7 Å². The number of sulfonamides is 1. The summed E-state index contributed by atoms with van der Waals surface area (Å²) in [6, 6.07) is 12.6. The molecule has 0 amide bonds. The molecule has 0 unspecified atom stereocenters. The first-order valence-electron chi connectivity index (χ1n) is 8.63. The first kappa shape index (κ1) is 19.9. The maximum atomic E-state index is 12.5. The third-order valence-corrected chi connectivity index (χ3v) is 6.68. The third kappa shape index (κ3) is 4.51. The van der Waals surface area contributed by atoms with E-state index in [4.69, 9.17) is 0 Å². The van der Waals surface area contributed by atoms with Crippen LogP contribution in [0.5, 0.6) is 0 Å². The lowest BCUT2D eigenvalue weighted by atomic mass is 10.2. The Morgan fingerprint density at radius 1 is 1.26 bits per heavy atom.